The third-order valence-corrected chi connectivity index (χ3v) is 9.28. The molecule has 0 radical (unpaired) electrons. The Hall–Kier alpha value is -3.29. The minimum atomic E-state index is -0.938. The van der Waals surface area contributed by atoms with Gasteiger partial charge in [0.25, 0.3) is 0 Å². The van der Waals surface area contributed by atoms with Crippen LogP contribution in [0.15, 0.2) is 103 Å². The molecule has 4 aliphatic heterocycles. The average Bonchev–Trinajstić information content (AvgIpc) is 3.62. The smallest absolute Gasteiger partial charge is 0.190 e. The third-order valence-electron chi connectivity index (χ3n) is 9.28. The number of benzene rings is 3. The largest absolute Gasteiger partial charge is 0.368 e. The van der Waals surface area contributed by atoms with E-state index in [0.29, 0.717) is 6.61 Å². The second-order valence-electron chi connectivity index (χ2n) is 14.0. The summed E-state index contributed by atoms with van der Waals surface area (Å²) in [6.07, 6.45) is -1.77. The first-order valence-corrected chi connectivity index (χ1v) is 17.3. The van der Waals surface area contributed by atoms with Crippen LogP contribution < -0.4 is 0 Å². The first kappa shape index (κ1) is 35.1. The summed E-state index contributed by atoms with van der Waals surface area (Å²) < 4.78 is 57.7. The van der Waals surface area contributed by atoms with E-state index in [4.69, 9.17) is 42.6 Å². The number of carbonyl (C=O) groups excluding carboxylic acids is 1. The topological polar surface area (TPSA) is 100 Å². The third kappa shape index (κ3) is 8.10. The number of hydrogen-bond acceptors (Lipinski definition) is 10. The molecule has 0 saturated carbocycles. The molecule has 0 aromatic heterocycles. The van der Waals surface area contributed by atoms with Gasteiger partial charge in [-0.25, -0.2) is 0 Å². The molecule has 0 amide bonds. The number of fused-ring (bicyclic) bond motifs is 3. The molecule has 0 bridgehead atoms. The zero-order valence-electron chi connectivity index (χ0n) is 28.9. The van der Waals surface area contributed by atoms with Gasteiger partial charge in [-0.2, -0.15) is 0 Å². The van der Waals surface area contributed by atoms with E-state index in [2.05, 4.69) is 0 Å². The summed E-state index contributed by atoms with van der Waals surface area (Å²) in [7, 11) is 0. The second-order valence-corrected chi connectivity index (χ2v) is 14.0. The highest BCUT2D eigenvalue weighted by molar-refractivity contribution is 5.58. The van der Waals surface area contributed by atoms with E-state index in [9.17, 15) is 4.79 Å². The van der Waals surface area contributed by atoms with E-state index >= 15 is 0 Å². The fraction of sp³-hybridized carbons (Fsp3) is 0.475. The van der Waals surface area contributed by atoms with Gasteiger partial charge < -0.3 is 47.4 Å². The fourth-order valence-electron chi connectivity index (χ4n) is 7.05. The molecule has 10 atom stereocenters. The van der Waals surface area contributed by atoms with Gasteiger partial charge in [0.2, 0.25) is 0 Å². The van der Waals surface area contributed by atoms with Gasteiger partial charge in [0.1, 0.15) is 54.9 Å². The SMILES string of the molecule is CC1(C)O[C@H]2[C@@H](O1)[C@@H](C=C[C@@H]1O[C@H](C=O)[C@H](OCc3ccccc3)[C@H](OCc3ccccc3)[C@H]1OCc1ccccc1)O[C@@H]1OC(C)(C)O[C@@H]12. The normalized spacial score (nSPS) is 34.3. The van der Waals surface area contributed by atoms with E-state index < -0.39 is 72.8 Å². The summed E-state index contributed by atoms with van der Waals surface area (Å²) in [5, 5.41) is 0. The van der Waals surface area contributed by atoms with Crippen LogP contribution in [0.4, 0.5) is 0 Å². The standard InChI is InChI=1S/C40H46O10/c1-39(2)47-34-30(46-38-37(36(34)48-39)49-40(3,4)50-38)21-20-29-32(42-23-26-14-8-5-9-15-26)35(44-25-28-18-12-7-13-19-28)33(31(22-41)45-29)43-24-27-16-10-6-11-17-27/h5-22,29-38H,23-25H2,1-4H3/t29-,30+,31+,32-,33-,34-,35+,36-,37+,38+/m0/s1. The monoisotopic (exact) mass is 686 g/mol. The quantitative estimate of drug-likeness (QED) is 0.175. The van der Waals surface area contributed by atoms with E-state index in [0.717, 1.165) is 23.0 Å². The predicted molar refractivity (Wildman–Crippen MR) is 181 cm³/mol. The Kier molecular flexibility index (Phi) is 10.6. The van der Waals surface area contributed by atoms with Crippen LogP contribution in [-0.4, -0.2) is 79.1 Å². The van der Waals surface area contributed by atoms with Crippen molar-refractivity contribution in [1.82, 2.24) is 0 Å². The molecule has 0 unspecified atom stereocenters. The van der Waals surface area contributed by atoms with Gasteiger partial charge >= 0.3 is 0 Å². The molecular weight excluding hydrogens is 640 g/mol. The Morgan fingerprint density at radius 1 is 0.520 bits per heavy atom. The van der Waals surface area contributed by atoms with Gasteiger partial charge in [-0.3, -0.25) is 0 Å². The zero-order valence-corrected chi connectivity index (χ0v) is 28.9. The van der Waals surface area contributed by atoms with Crippen molar-refractivity contribution in [3.05, 3.63) is 120 Å². The summed E-state index contributed by atoms with van der Waals surface area (Å²) in [5.74, 6) is -1.69. The van der Waals surface area contributed by atoms with Crippen LogP contribution in [-0.2, 0) is 67.2 Å². The molecule has 266 valence electrons. The van der Waals surface area contributed by atoms with Crippen molar-refractivity contribution in [2.45, 2.75) is 120 Å². The molecule has 50 heavy (non-hydrogen) atoms. The Balaban J connectivity index is 1.19. The molecule has 7 rings (SSSR count). The van der Waals surface area contributed by atoms with E-state index in [1.165, 1.54) is 0 Å². The van der Waals surface area contributed by atoms with Crippen molar-refractivity contribution in [2.75, 3.05) is 0 Å². The van der Waals surface area contributed by atoms with Crippen molar-refractivity contribution < 1.29 is 47.4 Å². The summed E-state index contributed by atoms with van der Waals surface area (Å²) in [4.78, 5) is 12.7. The lowest BCUT2D eigenvalue weighted by Gasteiger charge is -2.44. The van der Waals surface area contributed by atoms with Crippen LogP contribution in [0, 0.1) is 0 Å². The lowest BCUT2D eigenvalue weighted by molar-refractivity contribution is -0.248. The van der Waals surface area contributed by atoms with Gasteiger partial charge in [0.15, 0.2) is 24.2 Å². The van der Waals surface area contributed by atoms with Crippen molar-refractivity contribution in [3.8, 4) is 0 Å². The number of aldehydes is 1. The Bertz CT molecular complexity index is 1560. The summed E-state index contributed by atoms with van der Waals surface area (Å²) in [5.41, 5.74) is 2.94. The first-order chi connectivity index (χ1) is 24.2. The van der Waals surface area contributed by atoms with Crippen LogP contribution in [0.3, 0.4) is 0 Å². The van der Waals surface area contributed by atoms with Crippen molar-refractivity contribution >= 4 is 6.29 Å². The molecule has 4 heterocycles. The van der Waals surface area contributed by atoms with Gasteiger partial charge in [-0.15, -0.1) is 0 Å². The molecule has 10 heteroatoms. The first-order valence-electron chi connectivity index (χ1n) is 17.3. The number of hydrogen-bond donors (Lipinski definition) is 0. The molecule has 3 aromatic carbocycles. The van der Waals surface area contributed by atoms with E-state index in [1.54, 1.807) is 0 Å². The van der Waals surface area contributed by atoms with Gasteiger partial charge in [-0.1, -0.05) is 103 Å². The maximum absolute atomic E-state index is 12.7. The van der Waals surface area contributed by atoms with Crippen LogP contribution in [0.5, 0.6) is 0 Å². The molecule has 4 saturated heterocycles. The molecule has 0 aliphatic carbocycles. The lowest BCUT2D eigenvalue weighted by atomic mass is 9.92. The van der Waals surface area contributed by atoms with Crippen molar-refractivity contribution in [2.24, 2.45) is 0 Å². The lowest BCUT2D eigenvalue weighted by Crippen LogP contribution is -2.60. The maximum atomic E-state index is 12.7. The number of carbonyl (C=O) groups is 1. The average molecular weight is 687 g/mol. The van der Waals surface area contributed by atoms with Crippen LogP contribution in [0.2, 0.25) is 0 Å². The summed E-state index contributed by atoms with van der Waals surface area (Å²) in [6, 6.07) is 29.6. The zero-order chi connectivity index (χ0) is 34.7. The predicted octanol–water partition coefficient (Wildman–Crippen LogP) is 5.66. The number of ether oxygens (including phenoxy) is 9. The highest BCUT2D eigenvalue weighted by atomic mass is 16.9. The summed E-state index contributed by atoms with van der Waals surface area (Å²) in [6.45, 7) is 8.30. The highest BCUT2D eigenvalue weighted by Gasteiger charge is 2.60. The molecule has 10 nitrogen and oxygen atoms in total. The van der Waals surface area contributed by atoms with Crippen molar-refractivity contribution in [1.29, 1.82) is 0 Å². The molecular formula is C40H46O10. The van der Waals surface area contributed by atoms with E-state index in [1.807, 2.05) is 131 Å². The molecule has 4 fully saturated rings. The molecule has 4 aliphatic rings. The second kappa shape index (κ2) is 15.1. The Morgan fingerprint density at radius 3 is 1.50 bits per heavy atom. The van der Waals surface area contributed by atoms with Gasteiger partial charge in [0.05, 0.1) is 19.8 Å². The Labute approximate surface area is 293 Å². The minimum Gasteiger partial charge on any atom is -0.368 e. The number of rotatable bonds is 12. The van der Waals surface area contributed by atoms with Crippen LogP contribution >= 0.6 is 0 Å². The summed E-state index contributed by atoms with van der Waals surface area (Å²) >= 11 is 0. The highest BCUT2D eigenvalue weighted by Crippen LogP contribution is 2.44. The Morgan fingerprint density at radius 2 is 0.960 bits per heavy atom. The van der Waals surface area contributed by atoms with E-state index in [-0.39, 0.29) is 13.2 Å². The van der Waals surface area contributed by atoms with Crippen LogP contribution in [0.1, 0.15) is 44.4 Å². The fourth-order valence-corrected chi connectivity index (χ4v) is 7.05. The van der Waals surface area contributed by atoms with Crippen LogP contribution in [0.25, 0.3) is 0 Å². The van der Waals surface area contributed by atoms with Crippen molar-refractivity contribution in [3.63, 3.8) is 0 Å². The molecule has 0 spiro atoms. The molecule has 3 aromatic rings. The molecule has 0 N–H and O–H groups in total. The maximum Gasteiger partial charge on any atom is 0.190 e. The minimum absolute atomic E-state index is 0.267. The van der Waals surface area contributed by atoms with Gasteiger partial charge in [0, 0.05) is 0 Å². The van der Waals surface area contributed by atoms with Gasteiger partial charge in [-0.05, 0) is 44.4 Å².